The predicted molar refractivity (Wildman–Crippen MR) is 84.2 cm³/mol. The molecule has 2 nitrogen and oxygen atoms in total. The van der Waals surface area contributed by atoms with Crippen LogP contribution in [0.1, 0.15) is 66.7 Å². The average Bonchev–Trinajstić information content (AvgIpc) is 2.35. The first kappa shape index (κ1) is 18.2. The van der Waals surface area contributed by atoms with E-state index in [0.717, 1.165) is 25.8 Å². The highest BCUT2D eigenvalue weighted by Crippen LogP contribution is 2.22. The van der Waals surface area contributed by atoms with Crippen molar-refractivity contribution in [3.63, 3.8) is 0 Å². The Labute approximate surface area is 120 Å². The fourth-order valence-electron chi connectivity index (χ4n) is 2.44. The summed E-state index contributed by atoms with van der Waals surface area (Å²) in [4.78, 5) is 13.8. The van der Waals surface area contributed by atoms with Gasteiger partial charge in [-0.1, -0.05) is 38.8 Å². The molecule has 112 valence electrons. The highest BCUT2D eigenvalue weighted by molar-refractivity contribution is 5.75. The van der Waals surface area contributed by atoms with Crippen molar-refractivity contribution in [2.75, 3.05) is 13.6 Å². The normalized spacial score (nSPS) is 13.8. The monoisotopic (exact) mass is 267 g/mol. The number of amides is 1. The van der Waals surface area contributed by atoms with Crippen molar-refractivity contribution < 1.29 is 4.79 Å². The number of hydrogen-bond donors (Lipinski definition) is 0. The Morgan fingerprint density at radius 3 is 2.37 bits per heavy atom. The van der Waals surface area contributed by atoms with E-state index in [4.69, 9.17) is 0 Å². The lowest BCUT2D eigenvalue weighted by atomic mass is 9.87. The maximum absolute atomic E-state index is 11.8. The molecule has 0 radical (unpaired) electrons. The van der Waals surface area contributed by atoms with E-state index in [0.29, 0.717) is 18.3 Å². The van der Waals surface area contributed by atoms with Gasteiger partial charge in [0.2, 0.25) is 5.91 Å². The minimum absolute atomic E-state index is 0.289. The van der Waals surface area contributed by atoms with Gasteiger partial charge in [0.05, 0.1) is 0 Å². The molecule has 19 heavy (non-hydrogen) atoms. The molecule has 2 heteroatoms. The second-order valence-corrected chi connectivity index (χ2v) is 6.03. The lowest BCUT2D eigenvalue weighted by Crippen LogP contribution is -2.33. The number of rotatable bonds is 9. The second-order valence-electron chi connectivity index (χ2n) is 6.03. The SMILES string of the molecule is CCCC(=O)N(C)CC(CC)C(C)CCC=C(C)C. The van der Waals surface area contributed by atoms with Crippen molar-refractivity contribution in [1.29, 1.82) is 0 Å². The van der Waals surface area contributed by atoms with Gasteiger partial charge in [0, 0.05) is 20.0 Å². The molecule has 0 aliphatic heterocycles. The molecule has 2 unspecified atom stereocenters. The molecule has 2 atom stereocenters. The molecule has 0 aromatic heterocycles. The van der Waals surface area contributed by atoms with Crippen LogP contribution in [0.3, 0.4) is 0 Å². The van der Waals surface area contributed by atoms with Crippen molar-refractivity contribution in [2.24, 2.45) is 11.8 Å². The molecule has 0 aliphatic carbocycles. The van der Waals surface area contributed by atoms with Crippen LogP contribution in [0.15, 0.2) is 11.6 Å². The van der Waals surface area contributed by atoms with E-state index >= 15 is 0 Å². The van der Waals surface area contributed by atoms with Crippen LogP contribution in [0, 0.1) is 11.8 Å². The number of allylic oxidation sites excluding steroid dienone is 2. The summed E-state index contributed by atoms with van der Waals surface area (Å²) in [6.45, 7) is 11.8. The molecule has 0 rings (SSSR count). The fourth-order valence-corrected chi connectivity index (χ4v) is 2.44. The van der Waals surface area contributed by atoms with Crippen LogP contribution in [0.5, 0.6) is 0 Å². The fraction of sp³-hybridized carbons (Fsp3) is 0.824. The molecule has 0 spiro atoms. The number of carbonyl (C=O) groups excluding carboxylic acids is 1. The summed E-state index contributed by atoms with van der Waals surface area (Å²) in [6, 6.07) is 0. The van der Waals surface area contributed by atoms with Crippen LogP contribution < -0.4 is 0 Å². The molecule has 0 aromatic rings. The summed E-state index contributed by atoms with van der Waals surface area (Å²) in [5.74, 6) is 1.59. The Balaban J connectivity index is 4.24. The first-order chi connectivity index (χ1) is 8.92. The van der Waals surface area contributed by atoms with Crippen LogP contribution >= 0.6 is 0 Å². The average molecular weight is 267 g/mol. The number of nitrogens with zero attached hydrogens (tertiary/aromatic N) is 1. The van der Waals surface area contributed by atoms with Gasteiger partial charge >= 0.3 is 0 Å². The van der Waals surface area contributed by atoms with Gasteiger partial charge in [-0.05, 0) is 44.9 Å². The third-order valence-corrected chi connectivity index (χ3v) is 3.90. The van der Waals surface area contributed by atoms with Crippen molar-refractivity contribution in [3.05, 3.63) is 11.6 Å². The Morgan fingerprint density at radius 2 is 1.89 bits per heavy atom. The Hall–Kier alpha value is -0.790. The molecule has 0 bridgehead atoms. The first-order valence-electron chi connectivity index (χ1n) is 7.79. The van der Waals surface area contributed by atoms with Crippen LogP contribution in [-0.4, -0.2) is 24.4 Å². The van der Waals surface area contributed by atoms with Gasteiger partial charge in [-0.25, -0.2) is 0 Å². The summed E-state index contributed by atoms with van der Waals surface area (Å²) in [7, 11) is 1.95. The minimum Gasteiger partial charge on any atom is -0.345 e. The van der Waals surface area contributed by atoms with Gasteiger partial charge < -0.3 is 4.90 Å². The van der Waals surface area contributed by atoms with Crippen molar-refractivity contribution >= 4 is 5.91 Å². The number of carbonyl (C=O) groups is 1. The third-order valence-electron chi connectivity index (χ3n) is 3.90. The summed E-state index contributed by atoms with van der Waals surface area (Å²) < 4.78 is 0. The van der Waals surface area contributed by atoms with Crippen molar-refractivity contribution in [1.82, 2.24) is 4.90 Å². The zero-order valence-corrected chi connectivity index (χ0v) is 13.8. The molecule has 0 heterocycles. The molecule has 0 aliphatic rings. The molecule has 0 fully saturated rings. The van der Waals surface area contributed by atoms with E-state index in [2.05, 4.69) is 40.7 Å². The Morgan fingerprint density at radius 1 is 1.26 bits per heavy atom. The van der Waals surface area contributed by atoms with E-state index in [9.17, 15) is 4.79 Å². The first-order valence-corrected chi connectivity index (χ1v) is 7.79. The van der Waals surface area contributed by atoms with Crippen molar-refractivity contribution in [3.8, 4) is 0 Å². The van der Waals surface area contributed by atoms with Gasteiger partial charge in [0.25, 0.3) is 0 Å². The molecular formula is C17H33NO. The topological polar surface area (TPSA) is 20.3 Å². The maximum Gasteiger partial charge on any atom is 0.222 e. The van der Waals surface area contributed by atoms with Crippen LogP contribution in [-0.2, 0) is 4.79 Å². The predicted octanol–water partition coefficient (Wildman–Crippen LogP) is 4.65. The summed E-state index contributed by atoms with van der Waals surface area (Å²) in [6.07, 6.45) is 7.47. The van der Waals surface area contributed by atoms with Crippen LogP contribution in [0.2, 0.25) is 0 Å². The van der Waals surface area contributed by atoms with Gasteiger partial charge in [-0.15, -0.1) is 0 Å². The van der Waals surface area contributed by atoms with E-state index in [1.807, 2.05) is 11.9 Å². The Kier molecular flexibility index (Phi) is 9.63. The summed E-state index contributed by atoms with van der Waals surface area (Å²) in [5, 5.41) is 0. The standard InChI is InChI=1S/C17H33NO/c1-7-10-17(19)18(6)13-16(8-2)15(5)12-9-11-14(3)4/h11,15-16H,7-10,12-13H2,1-6H3. The van der Waals surface area contributed by atoms with Gasteiger partial charge in [0.15, 0.2) is 0 Å². The molecular weight excluding hydrogens is 234 g/mol. The highest BCUT2D eigenvalue weighted by Gasteiger charge is 2.19. The lowest BCUT2D eigenvalue weighted by Gasteiger charge is -2.28. The van der Waals surface area contributed by atoms with Gasteiger partial charge in [0.1, 0.15) is 0 Å². The summed E-state index contributed by atoms with van der Waals surface area (Å²) >= 11 is 0. The van der Waals surface area contributed by atoms with Gasteiger partial charge in [-0.2, -0.15) is 0 Å². The highest BCUT2D eigenvalue weighted by atomic mass is 16.2. The van der Waals surface area contributed by atoms with E-state index in [1.165, 1.54) is 12.0 Å². The second kappa shape index (κ2) is 10.1. The van der Waals surface area contributed by atoms with Crippen LogP contribution in [0.25, 0.3) is 0 Å². The van der Waals surface area contributed by atoms with E-state index in [1.54, 1.807) is 0 Å². The Bertz CT molecular complexity index is 279. The van der Waals surface area contributed by atoms with Crippen molar-refractivity contribution in [2.45, 2.75) is 66.7 Å². The van der Waals surface area contributed by atoms with E-state index in [-0.39, 0.29) is 5.91 Å². The largest absolute Gasteiger partial charge is 0.345 e. The quantitative estimate of drug-likeness (QED) is 0.557. The van der Waals surface area contributed by atoms with Crippen LogP contribution in [0.4, 0.5) is 0 Å². The number of hydrogen-bond acceptors (Lipinski definition) is 1. The molecule has 0 saturated carbocycles. The maximum atomic E-state index is 11.8. The zero-order chi connectivity index (χ0) is 14.8. The summed E-state index contributed by atoms with van der Waals surface area (Å²) in [5.41, 5.74) is 1.40. The zero-order valence-electron chi connectivity index (χ0n) is 13.8. The minimum atomic E-state index is 0.289. The molecule has 0 aromatic carbocycles. The molecule has 0 N–H and O–H groups in total. The third kappa shape index (κ3) is 8.07. The van der Waals surface area contributed by atoms with E-state index < -0.39 is 0 Å². The lowest BCUT2D eigenvalue weighted by molar-refractivity contribution is -0.130. The van der Waals surface area contributed by atoms with Gasteiger partial charge in [-0.3, -0.25) is 4.79 Å². The smallest absolute Gasteiger partial charge is 0.222 e. The molecule has 1 amide bonds. The molecule has 0 saturated heterocycles.